The summed E-state index contributed by atoms with van der Waals surface area (Å²) in [7, 11) is 0. The van der Waals surface area contributed by atoms with Gasteiger partial charge in [-0.25, -0.2) is 9.97 Å². The van der Waals surface area contributed by atoms with Gasteiger partial charge in [0.15, 0.2) is 0 Å². The molecule has 1 N–H and O–H groups in total. The average molecular weight is 228 g/mol. The Bertz CT molecular complexity index is 482. The smallest absolute Gasteiger partial charge is 0.222 e. The van der Waals surface area contributed by atoms with Crippen LogP contribution in [-0.4, -0.2) is 21.5 Å². The Morgan fingerprint density at radius 3 is 2.88 bits per heavy atom. The normalized spacial score (nSPS) is 10.2. The van der Waals surface area contributed by atoms with Crippen LogP contribution in [0.25, 0.3) is 0 Å². The van der Waals surface area contributed by atoms with Crippen LogP contribution in [0.3, 0.4) is 0 Å². The van der Waals surface area contributed by atoms with Crippen LogP contribution >= 0.6 is 0 Å². The fourth-order valence-corrected chi connectivity index (χ4v) is 1.60. The predicted octanol–water partition coefficient (Wildman–Crippen LogP) is 2.20. The molecule has 2 rings (SSSR count). The van der Waals surface area contributed by atoms with E-state index in [0.29, 0.717) is 5.95 Å². The van der Waals surface area contributed by atoms with E-state index in [1.54, 1.807) is 6.20 Å². The molecule has 0 radical (unpaired) electrons. The Hall–Kier alpha value is -1.97. The zero-order chi connectivity index (χ0) is 12.1. The van der Waals surface area contributed by atoms with Gasteiger partial charge in [0.05, 0.1) is 5.69 Å². The predicted molar refractivity (Wildman–Crippen MR) is 68.0 cm³/mol. The highest BCUT2D eigenvalue weighted by Gasteiger charge is 2.04. The number of pyridine rings is 1. The molecule has 2 aromatic heterocycles. The van der Waals surface area contributed by atoms with Crippen molar-refractivity contribution in [3.05, 3.63) is 47.5 Å². The Morgan fingerprint density at radius 2 is 2.18 bits per heavy atom. The van der Waals surface area contributed by atoms with Crippen LogP contribution in [-0.2, 0) is 6.42 Å². The average Bonchev–Trinajstić information content (AvgIpc) is 2.35. The summed E-state index contributed by atoms with van der Waals surface area (Å²) in [6.45, 7) is 4.89. The van der Waals surface area contributed by atoms with Crippen molar-refractivity contribution in [3.8, 4) is 0 Å². The maximum absolute atomic E-state index is 4.51. The molecule has 88 valence electrons. The highest BCUT2D eigenvalue weighted by atomic mass is 15.1. The van der Waals surface area contributed by atoms with Crippen LogP contribution in [0.1, 0.15) is 23.7 Å². The number of hydrogen-bond donors (Lipinski definition) is 1. The zero-order valence-electron chi connectivity index (χ0n) is 10.1. The lowest BCUT2D eigenvalue weighted by molar-refractivity contribution is 0.975. The van der Waals surface area contributed by atoms with Crippen LogP contribution in [0.2, 0.25) is 0 Å². The number of rotatable bonds is 4. The van der Waals surface area contributed by atoms with Gasteiger partial charge >= 0.3 is 0 Å². The lowest BCUT2D eigenvalue weighted by Crippen LogP contribution is -2.06. The van der Waals surface area contributed by atoms with Gasteiger partial charge < -0.3 is 5.32 Å². The summed E-state index contributed by atoms with van der Waals surface area (Å²) in [5, 5.41) is 3.12. The second kappa shape index (κ2) is 5.39. The van der Waals surface area contributed by atoms with Crippen molar-refractivity contribution >= 4 is 5.95 Å². The third-order valence-corrected chi connectivity index (χ3v) is 2.51. The molecule has 0 amide bonds. The molecule has 0 aliphatic carbocycles. The minimum absolute atomic E-state index is 0.692. The van der Waals surface area contributed by atoms with Crippen LogP contribution < -0.4 is 5.32 Å². The van der Waals surface area contributed by atoms with E-state index in [-0.39, 0.29) is 0 Å². The number of aryl methyl sites for hydroxylation is 1. The van der Waals surface area contributed by atoms with E-state index in [4.69, 9.17) is 0 Å². The molecule has 0 atom stereocenters. The molecular weight excluding hydrogens is 212 g/mol. The summed E-state index contributed by atoms with van der Waals surface area (Å²) < 4.78 is 0. The topological polar surface area (TPSA) is 50.7 Å². The van der Waals surface area contributed by atoms with Gasteiger partial charge in [-0.15, -0.1) is 0 Å². The van der Waals surface area contributed by atoms with E-state index < -0.39 is 0 Å². The van der Waals surface area contributed by atoms with E-state index in [0.717, 1.165) is 29.8 Å². The van der Waals surface area contributed by atoms with Crippen molar-refractivity contribution in [2.45, 2.75) is 20.3 Å². The first-order valence-corrected chi connectivity index (χ1v) is 5.75. The Morgan fingerprint density at radius 1 is 1.29 bits per heavy atom. The SMILES string of the molecule is CCNc1ncc(C)c(Cc2cccnc2)n1. The molecule has 0 bridgehead atoms. The molecule has 0 aromatic carbocycles. The summed E-state index contributed by atoms with van der Waals surface area (Å²) in [5.74, 6) is 0.692. The number of nitrogens with zero attached hydrogens (tertiary/aromatic N) is 3. The number of anilines is 1. The molecule has 0 aliphatic heterocycles. The number of nitrogens with one attached hydrogen (secondary N) is 1. The maximum Gasteiger partial charge on any atom is 0.222 e. The van der Waals surface area contributed by atoms with Gasteiger partial charge in [0.25, 0.3) is 0 Å². The molecule has 2 aromatic rings. The largest absolute Gasteiger partial charge is 0.354 e. The molecule has 0 saturated heterocycles. The fourth-order valence-electron chi connectivity index (χ4n) is 1.60. The Labute approximate surface area is 101 Å². The van der Waals surface area contributed by atoms with Crippen LogP contribution in [0, 0.1) is 6.92 Å². The van der Waals surface area contributed by atoms with Crippen LogP contribution in [0.4, 0.5) is 5.95 Å². The zero-order valence-corrected chi connectivity index (χ0v) is 10.1. The van der Waals surface area contributed by atoms with Crippen molar-refractivity contribution in [2.24, 2.45) is 0 Å². The summed E-state index contributed by atoms with van der Waals surface area (Å²) in [4.78, 5) is 12.8. The van der Waals surface area contributed by atoms with Crippen LogP contribution in [0.15, 0.2) is 30.7 Å². The molecule has 0 spiro atoms. The molecule has 4 heteroatoms. The van der Waals surface area contributed by atoms with Gasteiger partial charge in [0.2, 0.25) is 5.95 Å². The summed E-state index contributed by atoms with van der Waals surface area (Å²) in [6.07, 6.45) is 6.30. The van der Waals surface area contributed by atoms with Crippen molar-refractivity contribution in [1.29, 1.82) is 0 Å². The highest BCUT2D eigenvalue weighted by Crippen LogP contribution is 2.11. The minimum atomic E-state index is 0.692. The Kier molecular flexibility index (Phi) is 3.65. The lowest BCUT2D eigenvalue weighted by Gasteiger charge is -2.07. The third kappa shape index (κ3) is 3.00. The van der Waals surface area contributed by atoms with Crippen molar-refractivity contribution in [1.82, 2.24) is 15.0 Å². The number of aromatic nitrogens is 3. The first kappa shape index (κ1) is 11.5. The van der Waals surface area contributed by atoms with Gasteiger partial charge in [-0.05, 0) is 31.0 Å². The van der Waals surface area contributed by atoms with Crippen molar-refractivity contribution in [2.75, 3.05) is 11.9 Å². The second-order valence-corrected chi connectivity index (χ2v) is 3.89. The van der Waals surface area contributed by atoms with E-state index in [9.17, 15) is 0 Å². The minimum Gasteiger partial charge on any atom is -0.354 e. The van der Waals surface area contributed by atoms with E-state index in [1.165, 1.54) is 0 Å². The third-order valence-electron chi connectivity index (χ3n) is 2.51. The van der Waals surface area contributed by atoms with Gasteiger partial charge in [0, 0.05) is 31.6 Å². The molecule has 0 fully saturated rings. The highest BCUT2D eigenvalue weighted by molar-refractivity contribution is 5.31. The van der Waals surface area contributed by atoms with E-state index in [1.807, 2.05) is 32.3 Å². The molecule has 0 aliphatic rings. The summed E-state index contributed by atoms with van der Waals surface area (Å²) in [5.41, 5.74) is 3.32. The monoisotopic (exact) mass is 228 g/mol. The van der Waals surface area contributed by atoms with Gasteiger partial charge in [0.1, 0.15) is 0 Å². The molecular formula is C13H16N4. The molecule has 0 unspecified atom stereocenters. The number of hydrogen-bond acceptors (Lipinski definition) is 4. The molecule has 2 heterocycles. The van der Waals surface area contributed by atoms with Gasteiger partial charge in [-0.1, -0.05) is 6.07 Å². The fraction of sp³-hybridized carbons (Fsp3) is 0.308. The lowest BCUT2D eigenvalue weighted by atomic mass is 10.1. The maximum atomic E-state index is 4.51. The summed E-state index contributed by atoms with van der Waals surface area (Å²) in [6, 6.07) is 4.00. The van der Waals surface area contributed by atoms with Crippen molar-refractivity contribution in [3.63, 3.8) is 0 Å². The second-order valence-electron chi connectivity index (χ2n) is 3.89. The molecule has 17 heavy (non-hydrogen) atoms. The van der Waals surface area contributed by atoms with Crippen molar-refractivity contribution < 1.29 is 0 Å². The van der Waals surface area contributed by atoms with Gasteiger partial charge in [-0.2, -0.15) is 0 Å². The van der Waals surface area contributed by atoms with Gasteiger partial charge in [-0.3, -0.25) is 4.98 Å². The van der Waals surface area contributed by atoms with Crippen LogP contribution in [0.5, 0.6) is 0 Å². The van der Waals surface area contributed by atoms with E-state index >= 15 is 0 Å². The standard InChI is InChI=1S/C13H16N4/c1-3-15-13-16-8-10(2)12(17-13)7-11-5-4-6-14-9-11/h4-6,8-9H,3,7H2,1-2H3,(H,15,16,17). The first-order chi connectivity index (χ1) is 8.29. The van der Waals surface area contributed by atoms with E-state index in [2.05, 4.69) is 26.3 Å². The quantitative estimate of drug-likeness (QED) is 0.871. The first-order valence-electron chi connectivity index (χ1n) is 5.75. The molecule has 4 nitrogen and oxygen atoms in total. The summed E-state index contributed by atoms with van der Waals surface area (Å²) >= 11 is 0. The Balaban J connectivity index is 2.22. The molecule has 0 saturated carbocycles.